The van der Waals surface area contributed by atoms with Gasteiger partial charge in [0.25, 0.3) is 0 Å². The summed E-state index contributed by atoms with van der Waals surface area (Å²) in [7, 11) is 0. The molecule has 3 atom stereocenters. The molecule has 2 fully saturated rings. The molecule has 0 bridgehead atoms. The van der Waals surface area contributed by atoms with Crippen molar-refractivity contribution >= 4 is 30.0 Å². The van der Waals surface area contributed by atoms with E-state index >= 15 is 0 Å². The number of nitrogens with one attached hydrogen (secondary N) is 1. The Hall–Kier alpha value is -5.39. The summed E-state index contributed by atoms with van der Waals surface area (Å²) in [6, 6.07) is 26.4. The maximum atomic E-state index is 14.8. The zero-order valence-corrected chi connectivity index (χ0v) is 31.5. The quantitative estimate of drug-likeness (QED) is 0.196. The van der Waals surface area contributed by atoms with Crippen LogP contribution >= 0.6 is 0 Å². The van der Waals surface area contributed by atoms with Crippen LogP contribution in [0.15, 0.2) is 91.0 Å². The fraction of sp³-hybridized carbons (Fsp3) is 0.452. The van der Waals surface area contributed by atoms with E-state index in [9.17, 15) is 24.0 Å². The number of aryl methyl sites for hydroxylation is 1. The Balaban J connectivity index is 1.33. The Labute approximate surface area is 317 Å². The number of Topliss-reactive ketones (excluding diaryl/α,β-unsaturated/α-hetero) is 1. The second kappa shape index (κ2) is 19.1. The van der Waals surface area contributed by atoms with E-state index in [0.29, 0.717) is 32.2 Å². The molecule has 2 heterocycles. The van der Waals surface area contributed by atoms with E-state index in [1.54, 1.807) is 30.6 Å². The molecule has 0 saturated carbocycles. The van der Waals surface area contributed by atoms with Crippen molar-refractivity contribution in [2.75, 3.05) is 26.2 Å². The van der Waals surface area contributed by atoms with Gasteiger partial charge in [-0.3, -0.25) is 14.5 Å². The van der Waals surface area contributed by atoms with Crippen LogP contribution in [0.3, 0.4) is 0 Å². The van der Waals surface area contributed by atoms with Crippen molar-refractivity contribution in [2.45, 2.75) is 96.2 Å². The lowest BCUT2D eigenvalue weighted by Gasteiger charge is -2.40. The zero-order chi connectivity index (χ0) is 38.5. The molecule has 54 heavy (non-hydrogen) atoms. The number of nitrogens with zero attached hydrogens (tertiary/aromatic N) is 3. The molecule has 12 nitrogen and oxygen atoms in total. The van der Waals surface area contributed by atoms with Crippen LogP contribution in [0, 0.1) is 0 Å². The van der Waals surface area contributed by atoms with E-state index in [4.69, 9.17) is 14.2 Å². The Kier molecular flexibility index (Phi) is 14.1. The molecule has 5 rings (SSSR count). The van der Waals surface area contributed by atoms with Crippen molar-refractivity contribution in [1.29, 1.82) is 0 Å². The molecule has 4 amide bonds. The van der Waals surface area contributed by atoms with E-state index in [0.717, 1.165) is 16.7 Å². The van der Waals surface area contributed by atoms with Gasteiger partial charge >= 0.3 is 18.3 Å². The monoisotopic (exact) mass is 740 g/mol. The lowest BCUT2D eigenvalue weighted by atomic mass is 10.0. The van der Waals surface area contributed by atoms with Gasteiger partial charge in [-0.05, 0) is 63.1 Å². The fourth-order valence-corrected chi connectivity index (χ4v) is 6.80. The Morgan fingerprint density at radius 1 is 0.759 bits per heavy atom. The third-order valence-electron chi connectivity index (χ3n) is 9.50. The van der Waals surface area contributed by atoms with E-state index in [-0.39, 0.29) is 57.4 Å². The molecule has 0 spiro atoms. The number of benzene rings is 3. The van der Waals surface area contributed by atoms with Crippen molar-refractivity contribution in [3.8, 4) is 0 Å². The van der Waals surface area contributed by atoms with Gasteiger partial charge in [0.05, 0.1) is 6.04 Å². The summed E-state index contributed by atoms with van der Waals surface area (Å²) in [5.41, 5.74) is 1.95. The maximum absolute atomic E-state index is 14.8. The lowest BCUT2D eigenvalue weighted by Crippen LogP contribution is -2.56. The standard InChI is InChI=1S/C42H52N4O8/c1-42(2,3)54-39(49)43-34-26-37(46(27-34)41(51)53-30-33-18-11-6-12-19-33)38(48)45(25-23-36(47)22-21-31-14-7-4-8-15-31)35-20-13-24-44(28-35)40(50)52-29-32-16-9-5-10-17-32/h4-12,14-19,34-35,37H,13,20-30H2,1-3H3,(H,43,49)/t34-,35-,37+/m1/s1. The smallest absolute Gasteiger partial charge is 0.410 e. The van der Waals surface area contributed by atoms with Crippen LogP contribution < -0.4 is 5.32 Å². The molecule has 2 aliphatic rings. The number of piperidine rings is 1. The summed E-state index contributed by atoms with van der Waals surface area (Å²) in [5, 5.41) is 2.82. The molecule has 3 aromatic rings. The first kappa shape index (κ1) is 39.8. The van der Waals surface area contributed by atoms with Crippen molar-refractivity contribution < 1.29 is 38.2 Å². The third kappa shape index (κ3) is 12.1. The Morgan fingerprint density at radius 2 is 1.33 bits per heavy atom. The minimum Gasteiger partial charge on any atom is -0.445 e. The molecule has 288 valence electrons. The number of likely N-dealkylation sites (tertiary alicyclic amines) is 2. The van der Waals surface area contributed by atoms with E-state index in [1.165, 1.54) is 4.90 Å². The lowest BCUT2D eigenvalue weighted by molar-refractivity contribution is -0.139. The van der Waals surface area contributed by atoms with Crippen molar-refractivity contribution in [3.63, 3.8) is 0 Å². The van der Waals surface area contributed by atoms with Crippen LogP contribution in [0.1, 0.15) is 69.6 Å². The molecule has 0 radical (unpaired) electrons. The van der Waals surface area contributed by atoms with Gasteiger partial charge < -0.3 is 29.3 Å². The average molecular weight is 741 g/mol. The Bertz CT molecular complexity index is 1700. The van der Waals surface area contributed by atoms with Crippen molar-refractivity contribution in [2.24, 2.45) is 0 Å². The molecule has 2 aliphatic heterocycles. The van der Waals surface area contributed by atoms with Crippen LogP contribution in [0.2, 0.25) is 0 Å². The van der Waals surface area contributed by atoms with Crippen LogP contribution in [-0.4, -0.2) is 94.6 Å². The summed E-state index contributed by atoms with van der Waals surface area (Å²) in [5.74, 6) is -0.373. The van der Waals surface area contributed by atoms with E-state index in [2.05, 4.69) is 5.32 Å². The second-order valence-corrected chi connectivity index (χ2v) is 14.9. The van der Waals surface area contributed by atoms with Gasteiger partial charge in [-0.1, -0.05) is 91.0 Å². The van der Waals surface area contributed by atoms with Gasteiger partial charge in [-0.15, -0.1) is 0 Å². The minimum absolute atomic E-state index is 0.00149. The van der Waals surface area contributed by atoms with Crippen LogP contribution in [0.5, 0.6) is 0 Å². The molecule has 12 heteroatoms. The van der Waals surface area contributed by atoms with Crippen LogP contribution in [0.4, 0.5) is 14.4 Å². The predicted molar refractivity (Wildman–Crippen MR) is 202 cm³/mol. The first-order valence-electron chi connectivity index (χ1n) is 18.7. The molecule has 2 saturated heterocycles. The molecular formula is C42H52N4O8. The van der Waals surface area contributed by atoms with Crippen molar-refractivity contribution in [3.05, 3.63) is 108 Å². The molecular weight excluding hydrogens is 688 g/mol. The predicted octanol–water partition coefficient (Wildman–Crippen LogP) is 6.51. The summed E-state index contributed by atoms with van der Waals surface area (Å²) < 4.78 is 16.8. The molecule has 0 aromatic heterocycles. The van der Waals surface area contributed by atoms with Gasteiger partial charge in [0.2, 0.25) is 5.91 Å². The van der Waals surface area contributed by atoms with Gasteiger partial charge in [-0.2, -0.15) is 0 Å². The Morgan fingerprint density at radius 3 is 1.93 bits per heavy atom. The summed E-state index contributed by atoms with van der Waals surface area (Å²) in [6.07, 6.45) is 0.506. The van der Waals surface area contributed by atoms with Crippen LogP contribution in [-0.2, 0) is 43.4 Å². The highest BCUT2D eigenvalue weighted by molar-refractivity contribution is 5.88. The normalized spacial score (nSPS) is 18.4. The van der Waals surface area contributed by atoms with E-state index in [1.807, 2.05) is 91.0 Å². The largest absolute Gasteiger partial charge is 0.445 e. The summed E-state index contributed by atoms with van der Waals surface area (Å²) in [4.78, 5) is 72.3. The molecule has 1 N–H and O–H groups in total. The number of ketones is 1. The number of alkyl carbamates (subject to hydrolysis) is 1. The highest BCUT2D eigenvalue weighted by atomic mass is 16.6. The molecule has 0 unspecified atom stereocenters. The number of carbonyl (C=O) groups is 5. The summed E-state index contributed by atoms with van der Waals surface area (Å²) >= 11 is 0. The summed E-state index contributed by atoms with van der Waals surface area (Å²) in [6.45, 7) is 6.19. The first-order valence-corrected chi connectivity index (χ1v) is 18.7. The number of carbonyl (C=O) groups excluding carboxylic acids is 5. The van der Waals surface area contributed by atoms with Gasteiger partial charge in [0.1, 0.15) is 30.6 Å². The highest BCUT2D eigenvalue weighted by Crippen LogP contribution is 2.26. The second-order valence-electron chi connectivity index (χ2n) is 14.9. The van der Waals surface area contributed by atoms with Gasteiger partial charge in [0, 0.05) is 45.1 Å². The highest BCUT2D eigenvalue weighted by Gasteiger charge is 2.45. The SMILES string of the molecule is CC(C)(C)OC(=O)N[C@@H]1C[C@@H](C(=O)N(CCC(=O)CCc2ccccc2)[C@@H]2CCCN(C(=O)OCc3ccccc3)C2)N(C(=O)OCc2ccccc2)C1. The van der Waals surface area contributed by atoms with E-state index < -0.39 is 42.0 Å². The average Bonchev–Trinajstić information content (AvgIpc) is 3.59. The number of hydrogen-bond acceptors (Lipinski definition) is 8. The minimum atomic E-state index is -0.993. The van der Waals surface area contributed by atoms with Gasteiger partial charge in [-0.25, -0.2) is 14.4 Å². The van der Waals surface area contributed by atoms with Crippen molar-refractivity contribution in [1.82, 2.24) is 20.0 Å². The first-order chi connectivity index (χ1) is 25.9. The number of rotatable bonds is 13. The van der Waals surface area contributed by atoms with Crippen LogP contribution in [0.25, 0.3) is 0 Å². The molecule has 0 aliphatic carbocycles. The zero-order valence-electron chi connectivity index (χ0n) is 31.5. The van der Waals surface area contributed by atoms with Gasteiger partial charge in [0.15, 0.2) is 0 Å². The fourth-order valence-electron chi connectivity index (χ4n) is 6.80. The number of hydrogen-bond donors (Lipinski definition) is 1. The third-order valence-corrected chi connectivity index (χ3v) is 9.50. The topological polar surface area (TPSA) is 135 Å². The number of amides is 4. The maximum Gasteiger partial charge on any atom is 0.410 e. The molecule has 3 aromatic carbocycles. The number of ether oxygens (including phenoxy) is 3.